The van der Waals surface area contributed by atoms with Crippen molar-refractivity contribution in [1.82, 2.24) is 9.80 Å². The van der Waals surface area contributed by atoms with Gasteiger partial charge in [0.25, 0.3) is 5.91 Å². The Morgan fingerprint density at radius 1 is 0.964 bits per heavy atom. The molecule has 3 rings (SSSR count). The van der Waals surface area contributed by atoms with Crippen molar-refractivity contribution < 1.29 is 9.53 Å². The van der Waals surface area contributed by atoms with Gasteiger partial charge in [0.15, 0.2) is 6.61 Å². The summed E-state index contributed by atoms with van der Waals surface area (Å²) >= 11 is 0. The van der Waals surface area contributed by atoms with Crippen LogP contribution in [0.4, 0.5) is 5.69 Å². The monoisotopic (exact) mass is 381 g/mol. The number of ether oxygens (including phenoxy) is 1. The molecule has 1 N–H and O–H groups in total. The molecular formula is C23H31N3O2. The van der Waals surface area contributed by atoms with Gasteiger partial charge in [-0.15, -0.1) is 0 Å². The van der Waals surface area contributed by atoms with Crippen LogP contribution in [0.2, 0.25) is 0 Å². The average Bonchev–Trinajstić information content (AvgIpc) is 2.68. The molecule has 1 aliphatic rings. The molecule has 150 valence electrons. The number of likely N-dealkylation sites (N-methyl/N-ethyl adjacent to an activating group) is 1. The van der Waals surface area contributed by atoms with Crippen LogP contribution in [0, 0.1) is 20.8 Å². The minimum Gasteiger partial charge on any atom is -0.483 e. The Morgan fingerprint density at radius 2 is 1.61 bits per heavy atom. The predicted octanol–water partition coefficient (Wildman–Crippen LogP) is 3.38. The molecule has 0 bridgehead atoms. The maximum atomic E-state index is 12.3. The van der Waals surface area contributed by atoms with Gasteiger partial charge < -0.3 is 15.0 Å². The van der Waals surface area contributed by atoms with Gasteiger partial charge in [-0.25, -0.2) is 0 Å². The lowest BCUT2D eigenvalue weighted by Gasteiger charge is -2.32. The molecule has 1 amide bonds. The topological polar surface area (TPSA) is 44.8 Å². The number of amides is 1. The second kappa shape index (κ2) is 9.22. The van der Waals surface area contributed by atoms with E-state index in [9.17, 15) is 4.79 Å². The lowest BCUT2D eigenvalue weighted by atomic mass is 10.1. The minimum atomic E-state index is -0.146. The standard InChI is InChI=1S/C23H31N3O2/c1-17-5-6-18(2)23(19(17)3)28-16-22(27)24-21-9-7-20(8-10-21)15-26-13-11-25(4)12-14-26/h5-10H,11-16H2,1-4H3,(H,24,27). The summed E-state index contributed by atoms with van der Waals surface area (Å²) in [6, 6.07) is 12.2. The molecule has 1 heterocycles. The number of rotatable bonds is 6. The summed E-state index contributed by atoms with van der Waals surface area (Å²) in [5.74, 6) is 0.657. The Balaban J connectivity index is 1.50. The number of nitrogens with one attached hydrogen (secondary N) is 1. The highest BCUT2D eigenvalue weighted by atomic mass is 16.5. The van der Waals surface area contributed by atoms with Crippen molar-refractivity contribution >= 4 is 11.6 Å². The summed E-state index contributed by atoms with van der Waals surface area (Å²) in [5.41, 5.74) is 5.36. The lowest BCUT2D eigenvalue weighted by molar-refractivity contribution is -0.118. The number of nitrogens with zero attached hydrogens (tertiary/aromatic N) is 2. The molecule has 0 atom stereocenters. The highest BCUT2D eigenvalue weighted by Gasteiger charge is 2.14. The van der Waals surface area contributed by atoms with Crippen LogP contribution >= 0.6 is 0 Å². The number of piperazine rings is 1. The number of carbonyl (C=O) groups excluding carboxylic acids is 1. The summed E-state index contributed by atoms with van der Waals surface area (Å²) in [7, 11) is 2.17. The smallest absolute Gasteiger partial charge is 0.262 e. The first kappa shape index (κ1) is 20.4. The van der Waals surface area contributed by atoms with Gasteiger partial charge >= 0.3 is 0 Å². The van der Waals surface area contributed by atoms with Crippen LogP contribution in [0.5, 0.6) is 5.75 Å². The normalized spacial score (nSPS) is 15.4. The number of hydrogen-bond donors (Lipinski definition) is 1. The zero-order chi connectivity index (χ0) is 20.1. The molecule has 0 unspecified atom stereocenters. The third-order valence-electron chi connectivity index (χ3n) is 5.46. The third-order valence-corrected chi connectivity index (χ3v) is 5.46. The number of carbonyl (C=O) groups is 1. The highest BCUT2D eigenvalue weighted by molar-refractivity contribution is 5.91. The van der Waals surface area contributed by atoms with Crippen LogP contribution in [0.1, 0.15) is 22.3 Å². The summed E-state index contributed by atoms with van der Waals surface area (Å²) in [4.78, 5) is 17.1. The first-order valence-corrected chi connectivity index (χ1v) is 9.91. The molecule has 0 aliphatic carbocycles. The van der Waals surface area contributed by atoms with Gasteiger partial charge in [-0.05, 0) is 62.2 Å². The van der Waals surface area contributed by atoms with E-state index >= 15 is 0 Å². The van der Waals surface area contributed by atoms with E-state index in [-0.39, 0.29) is 12.5 Å². The minimum absolute atomic E-state index is 0.00812. The first-order chi connectivity index (χ1) is 13.4. The van der Waals surface area contributed by atoms with E-state index in [1.807, 2.05) is 39.0 Å². The molecule has 1 aliphatic heterocycles. The van der Waals surface area contributed by atoms with Gasteiger partial charge in [0, 0.05) is 38.4 Å². The van der Waals surface area contributed by atoms with E-state index in [2.05, 4.69) is 40.4 Å². The van der Waals surface area contributed by atoms with Crippen molar-refractivity contribution in [2.24, 2.45) is 0 Å². The molecule has 0 aromatic heterocycles. The van der Waals surface area contributed by atoms with Gasteiger partial charge in [-0.1, -0.05) is 24.3 Å². The SMILES string of the molecule is Cc1ccc(C)c(OCC(=O)Nc2ccc(CN3CCN(C)CC3)cc2)c1C. The van der Waals surface area contributed by atoms with Gasteiger partial charge in [0.1, 0.15) is 5.75 Å². The van der Waals surface area contributed by atoms with E-state index in [0.717, 1.165) is 60.9 Å². The Kier molecular flexibility index (Phi) is 6.70. The molecule has 28 heavy (non-hydrogen) atoms. The van der Waals surface area contributed by atoms with Crippen LogP contribution in [0.15, 0.2) is 36.4 Å². The van der Waals surface area contributed by atoms with Gasteiger partial charge in [-0.3, -0.25) is 9.69 Å². The fraction of sp³-hybridized carbons (Fsp3) is 0.435. The third kappa shape index (κ3) is 5.33. The first-order valence-electron chi connectivity index (χ1n) is 9.91. The lowest BCUT2D eigenvalue weighted by Crippen LogP contribution is -2.43. The van der Waals surface area contributed by atoms with Crippen molar-refractivity contribution in [1.29, 1.82) is 0 Å². The fourth-order valence-electron chi connectivity index (χ4n) is 3.44. The number of hydrogen-bond acceptors (Lipinski definition) is 4. The van der Waals surface area contributed by atoms with Crippen LogP contribution < -0.4 is 10.1 Å². The van der Waals surface area contributed by atoms with Crippen LogP contribution in [-0.2, 0) is 11.3 Å². The van der Waals surface area contributed by atoms with E-state index in [4.69, 9.17) is 4.74 Å². The average molecular weight is 382 g/mol. The number of benzene rings is 2. The molecular weight excluding hydrogens is 350 g/mol. The molecule has 0 spiro atoms. The van der Waals surface area contributed by atoms with Crippen LogP contribution in [0.3, 0.4) is 0 Å². The van der Waals surface area contributed by atoms with E-state index in [1.165, 1.54) is 5.56 Å². The molecule has 5 heteroatoms. The fourth-order valence-corrected chi connectivity index (χ4v) is 3.44. The second-order valence-electron chi connectivity index (χ2n) is 7.77. The highest BCUT2D eigenvalue weighted by Crippen LogP contribution is 2.25. The van der Waals surface area contributed by atoms with Gasteiger partial charge in [0.05, 0.1) is 0 Å². The second-order valence-corrected chi connectivity index (χ2v) is 7.77. The number of aryl methyl sites for hydroxylation is 2. The predicted molar refractivity (Wildman–Crippen MR) is 114 cm³/mol. The zero-order valence-electron chi connectivity index (χ0n) is 17.4. The quantitative estimate of drug-likeness (QED) is 0.833. The summed E-state index contributed by atoms with van der Waals surface area (Å²) in [6.45, 7) is 11.5. The molecule has 0 saturated carbocycles. The molecule has 2 aromatic rings. The van der Waals surface area contributed by atoms with E-state index in [0.29, 0.717) is 0 Å². The van der Waals surface area contributed by atoms with Gasteiger partial charge in [-0.2, -0.15) is 0 Å². The van der Waals surface area contributed by atoms with E-state index in [1.54, 1.807) is 0 Å². The van der Waals surface area contributed by atoms with Crippen molar-refractivity contribution in [2.45, 2.75) is 27.3 Å². The molecule has 2 aromatic carbocycles. The Labute approximate surface area is 168 Å². The van der Waals surface area contributed by atoms with Crippen LogP contribution in [0.25, 0.3) is 0 Å². The molecule has 5 nitrogen and oxygen atoms in total. The molecule has 1 fully saturated rings. The van der Waals surface area contributed by atoms with Crippen LogP contribution in [-0.4, -0.2) is 55.5 Å². The zero-order valence-corrected chi connectivity index (χ0v) is 17.4. The van der Waals surface area contributed by atoms with Crippen molar-refractivity contribution in [3.05, 3.63) is 58.7 Å². The largest absolute Gasteiger partial charge is 0.483 e. The summed E-state index contributed by atoms with van der Waals surface area (Å²) < 4.78 is 5.79. The molecule has 1 saturated heterocycles. The Morgan fingerprint density at radius 3 is 2.29 bits per heavy atom. The summed E-state index contributed by atoms with van der Waals surface area (Å²) in [5, 5.41) is 2.92. The van der Waals surface area contributed by atoms with Crippen molar-refractivity contribution in [2.75, 3.05) is 45.2 Å². The summed E-state index contributed by atoms with van der Waals surface area (Å²) in [6.07, 6.45) is 0. The van der Waals surface area contributed by atoms with Gasteiger partial charge in [0.2, 0.25) is 0 Å². The van der Waals surface area contributed by atoms with Crippen molar-refractivity contribution in [3.63, 3.8) is 0 Å². The van der Waals surface area contributed by atoms with E-state index < -0.39 is 0 Å². The Bertz CT molecular complexity index is 809. The van der Waals surface area contributed by atoms with Crippen molar-refractivity contribution in [3.8, 4) is 5.75 Å². The maximum Gasteiger partial charge on any atom is 0.262 e. The Hall–Kier alpha value is -2.37. The molecule has 0 radical (unpaired) electrons. The number of anilines is 1. The maximum absolute atomic E-state index is 12.3.